The predicted molar refractivity (Wildman–Crippen MR) is 98.5 cm³/mol. The second kappa shape index (κ2) is 7.03. The molecule has 2 aromatic carbocycles. The summed E-state index contributed by atoms with van der Waals surface area (Å²) in [6.07, 6.45) is 1.52. The molecule has 0 aliphatic heterocycles. The molecule has 4 rings (SSSR count). The summed E-state index contributed by atoms with van der Waals surface area (Å²) in [5.41, 5.74) is 3.59. The van der Waals surface area contributed by atoms with Crippen LogP contribution in [0.1, 0.15) is 21.8 Å². The number of aromatic nitrogens is 5. The predicted octanol–water partition coefficient (Wildman–Crippen LogP) is 3.33. The number of anilines is 1. The van der Waals surface area contributed by atoms with Gasteiger partial charge in [0.05, 0.1) is 11.9 Å². The number of hydrogen-bond acceptors (Lipinski definition) is 6. The molecule has 2 heterocycles. The van der Waals surface area contributed by atoms with Gasteiger partial charge in [0.25, 0.3) is 0 Å². The van der Waals surface area contributed by atoms with Crippen LogP contribution in [-0.2, 0) is 0 Å². The van der Waals surface area contributed by atoms with Crippen LogP contribution in [0.4, 0.5) is 10.1 Å². The molecule has 140 valence electrons. The van der Waals surface area contributed by atoms with Crippen molar-refractivity contribution in [3.63, 3.8) is 0 Å². The van der Waals surface area contributed by atoms with Gasteiger partial charge in [-0.15, -0.1) is 5.10 Å². The van der Waals surface area contributed by atoms with E-state index >= 15 is 0 Å². The van der Waals surface area contributed by atoms with Crippen molar-refractivity contribution in [3.8, 4) is 17.2 Å². The minimum Gasteiger partial charge on any atom is -0.328 e. The van der Waals surface area contributed by atoms with Crippen molar-refractivity contribution in [1.29, 1.82) is 0 Å². The van der Waals surface area contributed by atoms with Crippen molar-refractivity contribution in [2.45, 2.75) is 13.8 Å². The van der Waals surface area contributed by atoms with Crippen LogP contribution in [0, 0.1) is 19.7 Å². The lowest BCUT2D eigenvalue weighted by atomic mass is 10.1. The first-order valence-electron chi connectivity index (χ1n) is 8.40. The van der Waals surface area contributed by atoms with Crippen molar-refractivity contribution in [2.75, 3.05) is 5.32 Å². The highest BCUT2D eigenvalue weighted by Crippen LogP contribution is 2.17. The lowest BCUT2D eigenvalue weighted by Crippen LogP contribution is -2.12. The van der Waals surface area contributed by atoms with Gasteiger partial charge in [0.15, 0.2) is 5.69 Å². The number of amides is 1. The van der Waals surface area contributed by atoms with Crippen LogP contribution in [-0.4, -0.2) is 31.0 Å². The van der Waals surface area contributed by atoms with Crippen LogP contribution in [0.15, 0.2) is 53.2 Å². The van der Waals surface area contributed by atoms with Crippen LogP contribution in [0.2, 0.25) is 0 Å². The molecule has 1 amide bonds. The smallest absolute Gasteiger partial charge is 0.316 e. The van der Waals surface area contributed by atoms with E-state index in [-0.39, 0.29) is 17.5 Å². The van der Waals surface area contributed by atoms with E-state index in [9.17, 15) is 9.18 Å². The third kappa shape index (κ3) is 3.50. The number of carbonyl (C=O) groups is 1. The molecule has 2 aromatic heterocycles. The summed E-state index contributed by atoms with van der Waals surface area (Å²) in [5.74, 6) is -1.01. The van der Waals surface area contributed by atoms with Crippen molar-refractivity contribution in [1.82, 2.24) is 25.1 Å². The fourth-order valence-corrected chi connectivity index (χ4v) is 2.53. The molecule has 28 heavy (non-hydrogen) atoms. The summed E-state index contributed by atoms with van der Waals surface area (Å²) in [6.45, 7) is 3.94. The Balaban J connectivity index is 1.53. The number of hydrogen-bond donors (Lipinski definition) is 1. The first-order valence-corrected chi connectivity index (χ1v) is 8.40. The Labute approximate surface area is 159 Å². The maximum absolute atomic E-state index is 13.4. The lowest BCUT2D eigenvalue weighted by molar-refractivity contribution is 0.0981. The zero-order chi connectivity index (χ0) is 19.7. The summed E-state index contributed by atoms with van der Waals surface area (Å²) in [5, 5.41) is 14.3. The van der Waals surface area contributed by atoms with Crippen LogP contribution in [0.3, 0.4) is 0 Å². The fourth-order valence-electron chi connectivity index (χ4n) is 2.53. The number of benzene rings is 2. The summed E-state index contributed by atoms with van der Waals surface area (Å²) in [7, 11) is 0. The van der Waals surface area contributed by atoms with Gasteiger partial charge >= 0.3 is 11.8 Å². The van der Waals surface area contributed by atoms with Crippen molar-refractivity contribution in [2.24, 2.45) is 0 Å². The molecular weight excluding hydrogens is 363 g/mol. The topological polar surface area (TPSA) is 98.7 Å². The normalized spacial score (nSPS) is 10.8. The highest BCUT2D eigenvalue weighted by Gasteiger charge is 2.18. The van der Waals surface area contributed by atoms with E-state index in [2.05, 4.69) is 25.8 Å². The molecule has 9 heteroatoms. The quantitative estimate of drug-likeness (QED) is 0.585. The van der Waals surface area contributed by atoms with E-state index in [1.54, 1.807) is 18.2 Å². The monoisotopic (exact) mass is 378 g/mol. The zero-order valence-electron chi connectivity index (χ0n) is 15.0. The molecule has 4 aromatic rings. The lowest BCUT2D eigenvalue weighted by Gasteiger charge is -2.05. The molecule has 0 bridgehead atoms. The average Bonchev–Trinajstić information content (AvgIpc) is 3.34. The van der Waals surface area contributed by atoms with Gasteiger partial charge in [0, 0.05) is 5.69 Å². The number of halogens is 1. The van der Waals surface area contributed by atoms with Gasteiger partial charge in [0.2, 0.25) is 5.82 Å². The largest absolute Gasteiger partial charge is 0.328 e. The summed E-state index contributed by atoms with van der Waals surface area (Å²) in [4.78, 5) is 16.4. The molecule has 0 fully saturated rings. The first kappa shape index (κ1) is 17.5. The van der Waals surface area contributed by atoms with Crippen LogP contribution >= 0.6 is 0 Å². The number of carbonyl (C=O) groups excluding carboxylic acids is 1. The van der Waals surface area contributed by atoms with Gasteiger partial charge in [-0.25, -0.2) is 9.07 Å². The number of rotatable bonds is 4. The van der Waals surface area contributed by atoms with Crippen molar-refractivity contribution in [3.05, 3.63) is 71.5 Å². The Hall–Kier alpha value is -3.88. The molecule has 0 radical (unpaired) electrons. The SMILES string of the molecule is Cc1ccc(NC(=O)c2nc(-c3cn(-c4cccc(F)c4)nn3)no2)cc1C. The number of aryl methyl sites for hydroxylation is 2. The Morgan fingerprint density at radius 1 is 1.14 bits per heavy atom. The van der Waals surface area contributed by atoms with Gasteiger partial charge in [-0.3, -0.25) is 4.79 Å². The summed E-state index contributed by atoms with van der Waals surface area (Å²) in [6, 6.07) is 11.5. The third-order valence-corrected chi connectivity index (χ3v) is 4.18. The van der Waals surface area contributed by atoms with E-state index < -0.39 is 5.91 Å². The van der Waals surface area contributed by atoms with Gasteiger partial charge in [-0.05, 0) is 55.3 Å². The molecule has 0 spiro atoms. The molecule has 0 saturated heterocycles. The van der Waals surface area contributed by atoms with E-state index in [1.807, 2.05) is 26.0 Å². The Kier molecular flexibility index (Phi) is 4.40. The second-order valence-corrected chi connectivity index (χ2v) is 6.20. The highest BCUT2D eigenvalue weighted by atomic mass is 19.1. The Morgan fingerprint density at radius 3 is 2.79 bits per heavy atom. The van der Waals surface area contributed by atoms with E-state index in [1.165, 1.54) is 23.0 Å². The highest BCUT2D eigenvalue weighted by molar-refractivity contribution is 6.01. The maximum Gasteiger partial charge on any atom is 0.316 e. The van der Waals surface area contributed by atoms with Gasteiger partial charge in [0.1, 0.15) is 5.82 Å². The van der Waals surface area contributed by atoms with Crippen molar-refractivity contribution >= 4 is 11.6 Å². The minimum absolute atomic E-state index is 0.105. The average molecular weight is 378 g/mol. The Morgan fingerprint density at radius 2 is 2.00 bits per heavy atom. The van der Waals surface area contributed by atoms with Gasteiger partial charge < -0.3 is 9.84 Å². The maximum atomic E-state index is 13.4. The molecule has 8 nitrogen and oxygen atoms in total. The van der Waals surface area contributed by atoms with Gasteiger partial charge in [-0.2, -0.15) is 4.98 Å². The van der Waals surface area contributed by atoms with Crippen LogP contribution in [0.5, 0.6) is 0 Å². The van der Waals surface area contributed by atoms with Crippen LogP contribution in [0.25, 0.3) is 17.2 Å². The molecule has 0 aliphatic rings. The standard InChI is InChI=1S/C19H15FN6O2/c1-11-6-7-14(8-12(11)2)21-18(27)19-22-17(24-28-19)16-10-26(25-23-16)15-5-3-4-13(20)9-15/h3-10H,1-2H3,(H,21,27). The second-order valence-electron chi connectivity index (χ2n) is 6.20. The number of nitrogens with zero attached hydrogens (tertiary/aromatic N) is 5. The third-order valence-electron chi connectivity index (χ3n) is 4.18. The number of nitrogens with one attached hydrogen (secondary N) is 1. The molecule has 0 saturated carbocycles. The zero-order valence-corrected chi connectivity index (χ0v) is 15.0. The van der Waals surface area contributed by atoms with Crippen molar-refractivity contribution < 1.29 is 13.7 Å². The van der Waals surface area contributed by atoms with Crippen LogP contribution < -0.4 is 5.32 Å². The molecular formula is C19H15FN6O2. The minimum atomic E-state index is -0.528. The fraction of sp³-hybridized carbons (Fsp3) is 0.105. The molecule has 0 aliphatic carbocycles. The Bertz CT molecular complexity index is 1170. The van der Waals surface area contributed by atoms with E-state index in [0.29, 0.717) is 17.1 Å². The molecule has 1 N–H and O–H groups in total. The van der Waals surface area contributed by atoms with Gasteiger partial charge in [-0.1, -0.05) is 22.5 Å². The van der Waals surface area contributed by atoms with E-state index in [4.69, 9.17) is 4.52 Å². The van der Waals surface area contributed by atoms with E-state index in [0.717, 1.165) is 11.1 Å². The molecule has 0 atom stereocenters. The summed E-state index contributed by atoms with van der Waals surface area (Å²) < 4.78 is 19.8. The first-order chi connectivity index (χ1) is 13.5. The molecule has 0 unspecified atom stereocenters. The summed E-state index contributed by atoms with van der Waals surface area (Å²) >= 11 is 0.